The van der Waals surface area contributed by atoms with Crippen molar-refractivity contribution < 1.29 is 32.6 Å². The van der Waals surface area contributed by atoms with Crippen LogP contribution in [0.3, 0.4) is 0 Å². The van der Waals surface area contributed by atoms with Crippen molar-refractivity contribution in [2.24, 2.45) is 5.92 Å². The summed E-state index contributed by atoms with van der Waals surface area (Å²) < 4.78 is 39.2. The van der Waals surface area contributed by atoms with Gasteiger partial charge < -0.3 is 24.6 Å². The highest BCUT2D eigenvalue weighted by molar-refractivity contribution is 6.02. The maximum absolute atomic E-state index is 14.2. The van der Waals surface area contributed by atoms with Crippen LogP contribution in [0.1, 0.15) is 32.1 Å². The molecule has 204 valence electrons. The molecule has 0 aromatic heterocycles. The third-order valence-electron chi connectivity index (χ3n) is 7.88. The average Bonchev–Trinajstić information content (AvgIpc) is 3.65. The second-order valence-corrected chi connectivity index (χ2v) is 10.5. The van der Waals surface area contributed by atoms with Gasteiger partial charge in [-0.05, 0) is 12.3 Å². The number of fused-ring (bicyclic) bond motifs is 1. The van der Waals surface area contributed by atoms with Crippen molar-refractivity contribution in [2.45, 2.75) is 49.8 Å². The van der Waals surface area contributed by atoms with Crippen molar-refractivity contribution in [1.29, 1.82) is 5.26 Å². The van der Waals surface area contributed by atoms with Gasteiger partial charge in [-0.15, -0.1) is 0 Å². The first-order valence-corrected chi connectivity index (χ1v) is 13.0. The maximum atomic E-state index is 14.2. The molecule has 1 saturated carbocycles. The van der Waals surface area contributed by atoms with E-state index in [2.05, 4.69) is 16.3 Å². The number of rotatable bonds is 7. The molecule has 12 heteroatoms. The summed E-state index contributed by atoms with van der Waals surface area (Å²) in [7, 11) is 1.60. The molecule has 4 aliphatic rings. The molecule has 3 fully saturated rings. The number of benzene rings is 1. The molecule has 1 spiro atoms. The predicted molar refractivity (Wildman–Crippen MR) is 130 cm³/mol. The second kappa shape index (κ2) is 10.5. The number of morpholine rings is 1. The third kappa shape index (κ3) is 5.17. The number of halogens is 2. The van der Waals surface area contributed by atoms with Gasteiger partial charge in [0.25, 0.3) is 5.91 Å². The lowest BCUT2D eigenvalue weighted by Gasteiger charge is -2.35. The van der Waals surface area contributed by atoms with E-state index in [9.17, 15) is 28.4 Å². The molecule has 3 aliphatic heterocycles. The average molecular weight is 532 g/mol. The van der Waals surface area contributed by atoms with Crippen molar-refractivity contribution in [3.05, 3.63) is 23.8 Å². The Hall–Kier alpha value is -3.30. The molecular formula is C26H31F2N5O5. The summed E-state index contributed by atoms with van der Waals surface area (Å²) in [6.45, 7) is 3.03. The Kier molecular flexibility index (Phi) is 7.24. The summed E-state index contributed by atoms with van der Waals surface area (Å²) in [5.74, 6) is -3.07. The van der Waals surface area contributed by atoms with E-state index < -0.39 is 41.1 Å². The number of nitrogens with zero attached hydrogens (tertiary/aromatic N) is 4. The number of amides is 3. The highest BCUT2D eigenvalue weighted by Gasteiger charge is 2.56. The second-order valence-electron chi connectivity index (χ2n) is 10.5. The summed E-state index contributed by atoms with van der Waals surface area (Å²) in [5, 5.41) is 12.3. The van der Waals surface area contributed by atoms with Gasteiger partial charge >= 0.3 is 0 Å². The van der Waals surface area contributed by atoms with E-state index in [0.717, 1.165) is 32.0 Å². The summed E-state index contributed by atoms with van der Waals surface area (Å²) in [6, 6.07) is 1.87. The molecule has 10 nitrogen and oxygen atoms in total. The number of carbonyl (C=O) groups excluding carboxylic acids is 3. The lowest BCUT2D eigenvalue weighted by Crippen LogP contribution is -2.55. The number of likely N-dealkylation sites (tertiary alicyclic amines) is 1. The van der Waals surface area contributed by atoms with Crippen LogP contribution in [-0.2, 0) is 19.1 Å². The Labute approximate surface area is 219 Å². The highest BCUT2D eigenvalue weighted by Crippen LogP contribution is 2.42. The Morgan fingerprint density at radius 2 is 2.03 bits per heavy atom. The summed E-state index contributed by atoms with van der Waals surface area (Å²) in [4.78, 5) is 44.9. The number of likely N-dealkylation sites (N-methyl/N-ethyl adjacent to an activating group) is 1. The van der Waals surface area contributed by atoms with Gasteiger partial charge in [0.05, 0.1) is 25.8 Å². The Morgan fingerprint density at radius 3 is 2.71 bits per heavy atom. The first kappa shape index (κ1) is 26.3. The van der Waals surface area contributed by atoms with Crippen molar-refractivity contribution in [2.75, 3.05) is 51.8 Å². The SMILES string of the molecule is CN(C(=O)CCN1CCOCC1)[C@@H](CC1CC1)C(=O)N1C[C@@]2(C[C@H]1C#N)Oc1cc(F)cc(F)c1NC2=O. The van der Waals surface area contributed by atoms with E-state index in [1.54, 1.807) is 7.05 Å². The van der Waals surface area contributed by atoms with Crippen molar-refractivity contribution in [3.8, 4) is 11.8 Å². The monoisotopic (exact) mass is 531 g/mol. The minimum atomic E-state index is -1.67. The first-order valence-electron chi connectivity index (χ1n) is 13.0. The number of ether oxygens (including phenoxy) is 2. The fraction of sp³-hybridized carbons (Fsp3) is 0.615. The summed E-state index contributed by atoms with van der Waals surface area (Å²) in [6.07, 6.45) is 2.47. The van der Waals surface area contributed by atoms with Gasteiger partial charge in [0.1, 0.15) is 23.6 Å². The predicted octanol–water partition coefficient (Wildman–Crippen LogP) is 1.51. The zero-order valence-corrected chi connectivity index (χ0v) is 21.3. The summed E-state index contributed by atoms with van der Waals surface area (Å²) in [5.41, 5.74) is -1.95. The van der Waals surface area contributed by atoms with Gasteiger partial charge in [0.2, 0.25) is 17.4 Å². The fourth-order valence-corrected chi connectivity index (χ4v) is 5.41. The van der Waals surface area contributed by atoms with E-state index in [0.29, 0.717) is 38.2 Å². The molecule has 38 heavy (non-hydrogen) atoms. The zero-order chi connectivity index (χ0) is 27.0. The lowest BCUT2D eigenvalue weighted by molar-refractivity contribution is -0.146. The van der Waals surface area contributed by atoms with Crippen LogP contribution in [-0.4, -0.2) is 96.5 Å². The smallest absolute Gasteiger partial charge is 0.270 e. The van der Waals surface area contributed by atoms with Crippen LogP contribution in [0.15, 0.2) is 12.1 Å². The molecule has 1 aromatic rings. The van der Waals surface area contributed by atoms with E-state index in [4.69, 9.17) is 9.47 Å². The number of carbonyl (C=O) groups is 3. The van der Waals surface area contributed by atoms with E-state index in [-0.39, 0.29) is 36.7 Å². The van der Waals surface area contributed by atoms with Crippen LogP contribution in [0.2, 0.25) is 0 Å². The van der Waals surface area contributed by atoms with E-state index >= 15 is 0 Å². The minimum Gasteiger partial charge on any atom is -0.473 e. The van der Waals surface area contributed by atoms with Crippen LogP contribution in [0.25, 0.3) is 0 Å². The van der Waals surface area contributed by atoms with Crippen molar-refractivity contribution in [1.82, 2.24) is 14.7 Å². The fourth-order valence-electron chi connectivity index (χ4n) is 5.41. The lowest BCUT2D eigenvalue weighted by atomic mass is 9.97. The van der Waals surface area contributed by atoms with Gasteiger partial charge in [-0.2, -0.15) is 5.26 Å². The number of nitriles is 1. The Morgan fingerprint density at radius 1 is 1.29 bits per heavy atom. The number of anilines is 1. The molecule has 0 bridgehead atoms. The quantitative estimate of drug-likeness (QED) is 0.567. The Bertz CT molecular complexity index is 1170. The molecule has 2 saturated heterocycles. The van der Waals surface area contributed by atoms with Crippen molar-refractivity contribution >= 4 is 23.4 Å². The van der Waals surface area contributed by atoms with Crippen LogP contribution >= 0.6 is 0 Å². The van der Waals surface area contributed by atoms with E-state index in [1.165, 1.54) is 9.80 Å². The molecule has 3 atom stereocenters. The molecule has 0 radical (unpaired) electrons. The zero-order valence-electron chi connectivity index (χ0n) is 21.3. The molecule has 1 aliphatic carbocycles. The van der Waals surface area contributed by atoms with Crippen LogP contribution in [0.5, 0.6) is 5.75 Å². The minimum absolute atomic E-state index is 0.163. The molecule has 0 unspecified atom stereocenters. The van der Waals surface area contributed by atoms with Gasteiger partial charge in [0, 0.05) is 51.7 Å². The normalized spacial score (nSPS) is 25.8. The largest absolute Gasteiger partial charge is 0.473 e. The number of hydrogen-bond acceptors (Lipinski definition) is 7. The highest BCUT2D eigenvalue weighted by atomic mass is 19.1. The topological polar surface area (TPSA) is 115 Å². The third-order valence-corrected chi connectivity index (χ3v) is 7.88. The van der Waals surface area contributed by atoms with Crippen LogP contribution in [0, 0.1) is 28.9 Å². The maximum Gasteiger partial charge on any atom is 0.270 e. The Balaban J connectivity index is 1.33. The number of hydrogen-bond donors (Lipinski definition) is 1. The van der Waals surface area contributed by atoms with Crippen LogP contribution < -0.4 is 10.1 Å². The molecule has 3 heterocycles. The summed E-state index contributed by atoms with van der Waals surface area (Å²) >= 11 is 0. The van der Waals surface area contributed by atoms with Crippen molar-refractivity contribution in [3.63, 3.8) is 0 Å². The number of nitrogens with one attached hydrogen (secondary N) is 1. The van der Waals surface area contributed by atoms with Gasteiger partial charge in [-0.25, -0.2) is 8.78 Å². The molecule has 1 aromatic carbocycles. The molecule has 1 N–H and O–H groups in total. The first-order chi connectivity index (χ1) is 18.2. The molecule has 3 amide bonds. The van der Waals surface area contributed by atoms with Gasteiger partial charge in [0.15, 0.2) is 11.6 Å². The standard InChI is InChI=1S/C26H31F2N5O5/c1-31(22(34)4-5-32-6-8-37-9-7-32)20(10-16-2-3-16)24(35)33-15-26(13-18(33)14-29)25(36)30-23-19(28)11-17(27)12-21(23)38-26/h11-12,16,18,20H,2-10,13,15H2,1H3,(H,30,36)/t18-,20-,26+/m0/s1. The van der Waals surface area contributed by atoms with Crippen LogP contribution in [0.4, 0.5) is 14.5 Å². The van der Waals surface area contributed by atoms with Gasteiger partial charge in [-0.1, -0.05) is 12.8 Å². The van der Waals surface area contributed by atoms with Gasteiger partial charge in [-0.3, -0.25) is 19.3 Å². The molecule has 5 rings (SSSR count). The molecular weight excluding hydrogens is 500 g/mol. The van der Waals surface area contributed by atoms with E-state index in [1.807, 2.05) is 0 Å².